The number of carbonyl (C=O) groups excluding carboxylic acids is 2. The summed E-state index contributed by atoms with van der Waals surface area (Å²) in [4.78, 5) is 27.2. The molecular formula is C13H12FN3O3. The number of halogens is 1. The van der Waals surface area contributed by atoms with Crippen molar-refractivity contribution >= 4 is 11.7 Å². The van der Waals surface area contributed by atoms with Crippen LogP contribution in [0.4, 0.5) is 4.39 Å². The summed E-state index contributed by atoms with van der Waals surface area (Å²) in [5.74, 6) is -0.480. The Morgan fingerprint density at radius 2 is 2.00 bits per heavy atom. The fraction of sp³-hybridized carbons (Fsp3) is 0.231. The van der Waals surface area contributed by atoms with Gasteiger partial charge < -0.3 is 9.84 Å². The highest BCUT2D eigenvalue weighted by molar-refractivity contribution is 5.99. The van der Waals surface area contributed by atoms with E-state index in [9.17, 15) is 14.0 Å². The molecule has 104 valence electrons. The number of aryl methyl sites for hydroxylation is 1. The van der Waals surface area contributed by atoms with Crippen molar-refractivity contribution in [1.29, 1.82) is 0 Å². The van der Waals surface area contributed by atoms with Crippen LogP contribution in [0.5, 0.6) is 0 Å². The molecule has 1 N–H and O–H groups in total. The van der Waals surface area contributed by atoms with Crippen LogP contribution in [0.1, 0.15) is 22.1 Å². The molecule has 0 radical (unpaired) electrons. The minimum absolute atomic E-state index is 0.0615. The summed E-state index contributed by atoms with van der Waals surface area (Å²) in [5.41, 5.74) is 0.335. The molecule has 0 saturated heterocycles. The number of carbonyl (C=O) groups is 2. The van der Waals surface area contributed by atoms with Crippen LogP contribution < -0.4 is 5.32 Å². The molecule has 20 heavy (non-hydrogen) atoms. The van der Waals surface area contributed by atoms with Crippen LogP contribution in [0.25, 0.3) is 0 Å². The van der Waals surface area contributed by atoms with Crippen molar-refractivity contribution in [3.05, 3.63) is 47.4 Å². The number of amides is 1. The highest BCUT2D eigenvalue weighted by Gasteiger charge is 2.11. The molecule has 0 bridgehead atoms. The summed E-state index contributed by atoms with van der Waals surface area (Å²) in [6, 6.07) is 5.12. The lowest BCUT2D eigenvalue weighted by molar-refractivity contribution is -0.120. The number of nitrogens with zero attached hydrogens (tertiary/aromatic N) is 2. The van der Waals surface area contributed by atoms with E-state index in [-0.39, 0.29) is 30.5 Å². The van der Waals surface area contributed by atoms with Gasteiger partial charge in [0.25, 0.3) is 0 Å². The molecule has 0 aliphatic rings. The maximum absolute atomic E-state index is 12.7. The molecule has 6 nitrogen and oxygen atoms in total. The molecule has 0 spiro atoms. The van der Waals surface area contributed by atoms with Crippen LogP contribution in [0, 0.1) is 12.7 Å². The molecule has 7 heteroatoms. The third-order valence-corrected chi connectivity index (χ3v) is 2.50. The Labute approximate surface area is 114 Å². The topological polar surface area (TPSA) is 85.1 Å². The average Bonchev–Trinajstić information content (AvgIpc) is 2.82. The molecule has 0 unspecified atom stereocenters. The van der Waals surface area contributed by atoms with Gasteiger partial charge in [0.15, 0.2) is 11.6 Å². The molecule has 0 aliphatic heterocycles. The van der Waals surface area contributed by atoms with Gasteiger partial charge in [0.05, 0.1) is 13.0 Å². The van der Waals surface area contributed by atoms with Gasteiger partial charge in [-0.1, -0.05) is 5.16 Å². The monoisotopic (exact) mass is 277 g/mol. The van der Waals surface area contributed by atoms with Crippen molar-refractivity contribution < 1.29 is 18.5 Å². The maximum Gasteiger partial charge on any atom is 0.228 e. The highest BCUT2D eigenvalue weighted by Crippen LogP contribution is 2.03. The third kappa shape index (κ3) is 3.71. The predicted molar refractivity (Wildman–Crippen MR) is 66.5 cm³/mol. The lowest BCUT2D eigenvalue weighted by Gasteiger charge is -2.03. The molecule has 2 aromatic rings. The van der Waals surface area contributed by atoms with E-state index >= 15 is 0 Å². The Morgan fingerprint density at radius 3 is 2.60 bits per heavy atom. The number of ketones is 1. The van der Waals surface area contributed by atoms with E-state index in [0.29, 0.717) is 11.5 Å². The van der Waals surface area contributed by atoms with Gasteiger partial charge in [-0.2, -0.15) is 4.98 Å². The van der Waals surface area contributed by atoms with Crippen molar-refractivity contribution in [2.24, 2.45) is 0 Å². The van der Waals surface area contributed by atoms with E-state index in [1.54, 1.807) is 6.92 Å². The predicted octanol–water partition coefficient (Wildman–Crippen LogP) is 1.06. The minimum atomic E-state index is -0.418. The van der Waals surface area contributed by atoms with Crippen LogP contribution in [-0.4, -0.2) is 28.4 Å². The standard InChI is InChI=1S/C13H12FN3O3/c1-8-16-12(17-20-8)6-13(19)15-7-11(18)9-2-4-10(14)5-3-9/h2-5H,6-7H2,1H3,(H,15,19). The zero-order chi connectivity index (χ0) is 14.5. The molecule has 1 aromatic heterocycles. The van der Waals surface area contributed by atoms with E-state index < -0.39 is 5.82 Å². The number of aromatic nitrogens is 2. The van der Waals surface area contributed by atoms with E-state index in [2.05, 4.69) is 15.5 Å². The Balaban J connectivity index is 1.84. The fourth-order valence-corrected chi connectivity index (χ4v) is 1.54. The van der Waals surface area contributed by atoms with Crippen LogP contribution in [0.2, 0.25) is 0 Å². The normalized spacial score (nSPS) is 10.3. The maximum atomic E-state index is 12.7. The molecule has 0 aliphatic carbocycles. The van der Waals surface area contributed by atoms with Gasteiger partial charge in [-0.15, -0.1) is 0 Å². The summed E-state index contributed by atoms with van der Waals surface area (Å²) in [6.45, 7) is 1.45. The second-order valence-electron chi connectivity index (χ2n) is 4.11. The average molecular weight is 277 g/mol. The van der Waals surface area contributed by atoms with Crippen LogP contribution >= 0.6 is 0 Å². The number of nitrogens with one attached hydrogen (secondary N) is 1. The Bertz CT molecular complexity index is 622. The van der Waals surface area contributed by atoms with Crippen LogP contribution in [0.3, 0.4) is 0 Å². The molecule has 0 atom stereocenters. The second kappa shape index (κ2) is 6.05. The zero-order valence-corrected chi connectivity index (χ0v) is 10.7. The first-order valence-electron chi connectivity index (χ1n) is 5.89. The highest BCUT2D eigenvalue weighted by atomic mass is 19.1. The SMILES string of the molecule is Cc1nc(CC(=O)NCC(=O)c2ccc(F)cc2)no1. The molecule has 1 amide bonds. The van der Waals surface area contributed by atoms with E-state index in [4.69, 9.17) is 4.52 Å². The van der Waals surface area contributed by atoms with Crippen molar-refractivity contribution in [3.8, 4) is 0 Å². The number of rotatable bonds is 5. The van der Waals surface area contributed by atoms with Gasteiger partial charge in [0.1, 0.15) is 5.82 Å². The quantitative estimate of drug-likeness (QED) is 0.826. The Kier molecular flexibility index (Phi) is 4.19. The molecule has 1 heterocycles. The van der Waals surface area contributed by atoms with E-state index in [1.165, 1.54) is 24.3 Å². The lowest BCUT2D eigenvalue weighted by atomic mass is 10.1. The first-order valence-corrected chi connectivity index (χ1v) is 5.89. The van der Waals surface area contributed by atoms with Crippen molar-refractivity contribution in [2.75, 3.05) is 6.54 Å². The summed E-state index contributed by atoms with van der Waals surface area (Å²) >= 11 is 0. The van der Waals surface area contributed by atoms with E-state index in [0.717, 1.165) is 0 Å². The summed E-state index contributed by atoms with van der Waals surface area (Å²) in [5, 5.41) is 6.03. The number of benzene rings is 1. The summed E-state index contributed by atoms with van der Waals surface area (Å²) < 4.78 is 17.4. The number of Topliss-reactive ketones (excluding diaryl/α,β-unsaturated/α-hetero) is 1. The third-order valence-electron chi connectivity index (χ3n) is 2.50. The molecule has 0 fully saturated rings. The van der Waals surface area contributed by atoms with Gasteiger partial charge in [-0.25, -0.2) is 4.39 Å². The van der Waals surface area contributed by atoms with Crippen LogP contribution in [0.15, 0.2) is 28.8 Å². The molecular weight excluding hydrogens is 265 g/mol. The summed E-state index contributed by atoms with van der Waals surface area (Å²) in [6.07, 6.45) is -0.0615. The fourth-order valence-electron chi connectivity index (χ4n) is 1.54. The largest absolute Gasteiger partial charge is 0.348 e. The Morgan fingerprint density at radius 1 is 1.30 bits per heavy atom. The second-order valence-corrected chi connectivity index (χ2v) is 4.11. The zero-order valence-electron chi connectivity index (χ0n) is 10.7. The van der Waals surface area contributed by atoms with Gasteiger partial charge in [0, 0.05) is 12.5 Å². The molecule has 0 saturated carbocycles. The minimum Gasteiger partial charge on any atom is -0.348 e. The van der Waals surface area contributed by atoms with Gasteiger partial charge in [-0.05, 0) is 24.3 Å². The first-order chi connectivity index (χ1) is 9.54. The smallest absolute Gasteiger partial charge is 0.228 e. The van der Waals surface area contributed by atoms with Crippen molar-refractivity contribution in [2.45, 2.75) is 13.3 Å². The van der Waals surface area contributed by atoms with Crippen molar-refractivity contribution in [1.82, 2.24) is 15.5 Å². The lowest BCUT2D eigenvalue weighted by Crippen LogP contribution is -2.31. The Hall–Kier alpha value is -2.57. The molecule has 2 rings (SSSR count). The summed E-state index contributed by atoms with van der Waals surface area (Å²) in [7, 11) is 0. The van der Waals surface area contributed by atoms with Gasteiger partial charge >= 0.3 is 0 Å². The number of hydrogen-bond donors (Lipinski definition) is 1. The van der Waals surface area contributed by atoms with Crippen molar-refractivity contribution in [3.63, 3.8) is 0 Å². The molecule has 1 aromatic carbocycles. The van der Waals surface area contributed by atoms with E-state index in [1.807, 2.05) is 0 Å². The van der Waals surface area contributed by atoms with Crippen LogP contribution in [-0.2, 0) is 11.2 Å². The first kappa shape index (κ1) is 13.9. The van der Waals surface area contributed by atoms with Gasteiger partial charge in [0.2, 0.25) is 11.8 Å². The van der Waals surface area contributed by atoms with Gasteiger partial charge in [-0.3, -0.25) is 9.59 Å². The number of hydrogen-bond acceptors (Lipinski definition) is 5.